The lowest BCUT2D eigenvalue weighted by Gasteiger charge is -2.39. The largest absolute Gasteiger partial charge is 0.368 e. The standard InChI is InChI=1S/C18H23N5O2/c1-21-15(7-9-20-21)18(25)23-12-11-22(16(13-23)17(19)24)10-8-14-5-3-2-4-6-14/h2-7,9,16H,8,10-13H2,1H3,(H2,19,24)/t16-/m0/s1. The van der Waals surface area contributed by atoms with Crippen molar-refractivity contribution in [1.29, 1.82) is 0 Å². The summed E-state index contributed by atoms with van der Waals surface area (Å²) in [7, 11) is 1.73. The van der Waals surface area contributed by atoms with Crippen molar-refractivity contribution < 1.29 is 9.59 Å². The molecule has 7 heteroatoms. The Hall–Kier alpha value is -2.67. The predicted molar refractivity (Wildman–Crippen MR) is 93.8 cm³/mol. The molecule has 1 saturated heterocycles. The highest BCUT2D eigenvalue weighted by atomic mass is 16.2. The Morgan fingerprint density at radius 1 is 1.20 bits per heavy atom. The summed E-state index contributed by atoms with van der Waals surface area (Å²) < 4.78 is 1.55. The van der Waals surface area contributed by atoms with Crippen LogP contribution in [-0.4, -0.2) is 63.6 Å². The first-order chi connectivity index (χ1) is 12.1. The first-order valence-electron chi connectivity index (χ1n) is 8.41. The van der Waals surface area contributed by atoms with Gasteiger partial charge in [0.25, 0.3) is 5.91 Å². The van der Waals surface area contributed by atoms with E-state index in [4.69, 9.17) is 5.73 Å². The van der Waals surface area contributed by atoms with Crippen molar-refractivity contribution in [2.45, 2.75) is 12.5 Å². The number of carbonyl (C=O) groups is 2. The number of hydrogen-bond donors (Lipinski definition) is 1. The maximum Gasteiger partial charge on any atom is 0.272 e. The average molecular weight is 341 g/mol. The molecule has 1 fully saturated rings. The summed E-state index contributed by atoms with van der Waals surface area (Å²) in [5.41, 5.74) is 7.34. The van der Waals surface area contributed by atoms with Gasteiger partial charge < -0.3 is 10.6 Å². The van der Waals surface area contributed by atoms with Crippen LogP contribution in [0.3, 0.4) is 0 Å². The van der Waals surface area contributed by atoms with Gasteiger partial charge >= 0.3 is 0 Å². The van der Waals surface area contributed by atoms with Crippen LogP contribution in [0.2, 0.25) is 0 Å². The molecule has 0 bridgehead atoms. The van der Waals surface area contributed by atoms with E-state index >= 15 is 0 Å². The molecule has 2 N–H and O–H groups in total. The highest BCUT2D eigenvalue weighted by Gasteiger charge is 2.33. The van der Waals surface area contributed by atoms with Gasteiger partial charge in [0.1, 0.15) is 11.7 Å². The number of amides is 2. The lowest BCUT2D eigenvalue weighted by Crippen LogP contribution is -2.59. The lowest BCUT2D eigenvalue weighted by molar-refractivity contribution is -0.125. The summed E-state index contributed by atoms with van der Waals surface area (Å²) in [6.07, 6.45) is 2.44. The highest BCUT2D eigenvalue weighted by molar-refractivity contribution is 5.93. The van der Waals surface area contributed by atoms with Crippen LogP contribution in [0.15, 0.2) is 42.6 Å². The van der Waals surface area contributed by atoms with Crippen molar-refractivity contribution in [3.63, 3.8) is 0 Å². The molecule has 0 aliphatic carbocycles. The van der Waals surface area contributed by atoms with E-state index in [-0.39, 0.29) is 5.91 Å². The topological polar surface area (TPSA) is 84.5 Å². The number of nitrogens with zero attached hydrogens (tertiary/aromatic N) is 4. The number of aryl methyl sites for hydroxylation is 1. The van der Waals surface area contributed by atoms with Crippen LogP contribution in [0.25, 0.3) is 0 Å². The van der Waals surface area contributed by atoms with Crippen LogP contribution in [-0.2, 0) is 18.3 Å². The van der Waals surface area contributed by atoms with Gasteiger partial charge in [-0.15, -0.1) is 0 Å². The van der Waals surface area contributed by atoms with Gasteiger partial charge in [-0.05, 0) is 18.1 Å². The molecule has 132 valence electrons. The molecular formula is C18H23N5O2. The molecule has 3 rings (SSSR count). The fraction of sp³-hybridized carbons (Fsp3) is 0.389. The zero-order valence-electron chi connectivity index (χ0n) is 14.3. The molecule has 25 heavy (non-hydrogen) atoms. The fourth-order valence-electron chi connectivity index (χ4n) is 3.21. The summed E-state index contributed by atoms with van der Waals surface area (Å²) in [5, 5.41) is 4.03. The highest BCUT2D eigenvalue weighted by Crippen LogP contribution is 2.14. The second kappa shape index (κ2) is 7.48. The summed E-state index contributed by atoms with van der Waals surface area (Å²) in [6.45, 7) is 2.26. The SMILES string of the molecule is Cn1nccc1C(=O)N1CCN(CCc2ccccc2)[C@H](C(N)=O)C1. The molecule has 2 amide bonds. The van der Waals surface area contributed by atoms with Gasteiger partial charge in [0.2, 0.25) is 5.91 Å². The van der Waals surface area contributed by atoms with E-state index in [0.29, 0.717) is 25.3 Å². The van der Waals surface area contributed by atoms with E-state index in [1.165, 1.54) is 5.56 Å². The minimum atomic E-state index is -0.463. The summed E-state index contributed by atoms with van der Waals surface area (Å²) in [5.74, 6) is -0.510. The normalized spacial score (nSPS) is 18.3. The van der Waals surface area contributed by atoms with Crippen molar-refractivity contribution in [2.75, 3.05) is 26.2 Å². The molecule has 2 heterocycles. The van der Waals surface area contributed by atoms with E-state index < -0.39 is 11.9 Å². The van der Waals surface area contributed by atoms with Gasteiger partial charge in [0, 0.05) is 39.4 Å². The van der Waals surface area contributed by atoms with Crippen molar-refractivity contribution in [2.24, 2.45) is 12.8 Å². The summed E-state index contributed by atoms with van der Waals surface area (Å²) in [6, 6.07) is 11.4. The molecule has 1 atom stereocenters. The Balaban J connectivity index is 1.65. The first-order valence-corrected chi connectivity index (χ1v) is 8.41. The van der Waals surface area contributed by atoms with E-state index in [9.17, 15) is 9.59 Å². The Labute approximate surface area is 147 Å². The molecule has 1 aromatic carbocycles. The van der Waals surface area contributed by atoms with Crippen molar-refractivity contribution in [3.8, 4) is 0 Å². The molecule has 1 aliphatic heterocycles. The van der Waals surface area contributed by atoms with Crippen LogP contribution in [0.1, 0.15) is 16.1 Å². The zero-order valence-corrected chi connectivity index (χ0v) is 14.3. The molecule has 0 saturated carbocycles. The predicted octanol–water partition coefficient (Wildman–Crippen LogP) is 0.275. The van der Waals surface area contributed by atoms with Crippen LogP contribution < -0.4 is 5.73 Å². The maximum absolute atomic E-state index is 12.6. The van der Waals surface area contributed by atoms with Crippen molar-refractivity contribution in [1.82, 2.24) is 19.6 Å². The van der Waals surface area contributed by atoms with Gasteiger partial charge in [0.05, 0.1) is 0 Å². The van der Waals surface area contributed by atoms with Crippen LogP contribution in [0, 0.1) is 0 Å². The third-order valence-corrected chi connectivity index (χ3v) is 4.68. The monoisotopic (exact) mass is 341 g/mol. The average Bonchev–Trinajstić information content (AvgIpc) is 3.06. The molecule has 0 spiro atoms. The van der Waals surface area contributed by atoms with Gasteiger partial charge in [-0.25, -0.2) is 0 Å². The minimum Gasteiger partial charge on any atom is -0.368 e. The van der Waals surface area contributed by atoms with Crippen molar-refractivity contribution in [3.05, 3.63) is 53.9 Å². The van der Waals surface area contributed by atoms with Crippen LogP contribution >= 0.6 is 0 Å². The molecular weight excluding hydrogens is 318 g/mol. The summed E-state index contributed by atoms with van der Waals surface area (Å²) >= 11 is 0. The lowest BCUT2D eigenvalue weighted by atomic mass is 10.1. The second-order valence-corrected chi connectivity index (χ2v) is 6.28. The quantitative estimate of drug-likeness (QED) is 0.846. The number of carbonyl (C=O) groups excluding carboxylic acids is 2. The Morgan fingerprint density at radius 3 is 2.60 bits per heavy atom. The van der Waals surface area contributed by atoms with E-state index in [1.807, 2.05) is 18.2 Å². The molecule has 1 aromatic heterocycles. The number of nitrogens with two attached hydrogens (primary N) is 1. The van der Waals surface area contributed by atoms with Crippen molar-refractivity contribution >= 4 is 11.8 Å². The number of aromatic nitrogens is 2. The maximum atomic E-state index is 12.6. The fourth-order valence-corrected chi connectivity index (χ4v) is 3.21. The third kappa shape index (κ3) is 3.88. The second-order valence-electron chi connectivity index (χ2n) is 6.28. The number of piperazine rings is 1. The molecule has 0 radical (unpaired) electrons. The Bertz CT molecular complexity index is 743. The number of rotatable bonds is 5. The Morgan fingerprint density at radius 2 is 1.96 bits per heavy atom. The van der Waals surface area contributed by atoms with Crippen LogP contribution in [0.4, 0.5) is 0 Å². The number of primary amides is 1. The van der Waals surface area contributed by atoms with E-state index in [1.54, 1.807) is 28.9 Å². The first kappa shape index (κ1) is 17.2. The summed E-state index contributed by atoms with van der Waals surface area (Å²) in [4.78, 5) is 28.3. The number of benzene rings is 1. The molecule has 0 unspecified atom stereocenters. The van der Waals surface area contributed by atoms with E-state index in [2.05, 4.69) is 22.1 Å². The van der Waals surface area contributed by atoms with E-state index in [0.717, 1.165) is 13.0 Å². The smallest absolute Gasteiger partial charge is 0.272 e. The Kier molecular flexibility index (Phi) is 5.14. The number of hydrogen-bond acceptors (Lipinski definition) is 4. The van der Waals surface area contributed by atoms with Crippen LogP contribution in [0.5, 0.6) is 0 Å². The zero-order chi connectivity index (χ0) is 17.8. The van der Waals surface area contributed by atoms with Gasteiger partial charge in [0.15, 0.2) is 0 Å². The molecule has 2 aromatic rings. The molecule has 1 aliphatic rings. The minimum absolute atomic E-state index is 0.117. The molecule has 7 nitrogen and oxygen atoms in total. The van der Waals surface area contributed by atoms with Gasteiger partial charge in [-0.3, -0.25) is 19.2 Å². The van der Waals surface area contributed by atoms with Gasteiger partial charge in [-0.2, -0.15) is 5.10 Å². The third-order valence-electron chi connectivity index (χ3n) is 4.68. The van der Waals surface area contributed by atoms with Gasteiger partial charge in [-0.1, -0.05) is 30.3 Å².